The summed E-state index contributed by atoms with van der Waals surface area (Å²) in [6, 6.07) is 8.56. The Morgan fingerprint density at radius 3 is 2.79 bits per heavy atom. The highest BCUT2D eigenvalue weighted by Gasteiger charge is 2.40. The van der Waals surface area contributed by atoms with Crippen LogP contribution in [0.3, 0.4) is 0 Å². The molecule has 34 heavy (non-hydrogen) atoms. The van der Waals surface area contributed by atoms with E-state index < -0.39 is 0 Å². The lowest BCUT2D eigenvalue weighted by Gasteiger charge is -2.05. The molecule has 0 saturated heterocycles. The molecule has 170 valence electrons. The number of aryl methyl sites for hydroxylation is 1. The van der Waals surface area contributed by atoms with E-state index in [-0.39, 0.29) is 12.1 Å². The molecule has 0 aliphatic heterocycles. The minimum Gasteiger partial charge on any atom is -0.444 e. The van der Waals surface area contributed by atoms with Crippen molar-refractivity contribution >= 4 is 16.7 Å². The van der Waals surface area contributed by atoms with E-state index in [0.717, 1.165) is 23.2 Å². The molecule has 0 bridgehead atoms. The van der Waals surface area contributed by atoms with Gasteiger partial charge in [0.05, 0.1) is 12.5 Å². The number of hydrogen-bond acceptors (Lipinski definition) is 8. The van der Waals surface area contributed by atoms with E-state index in [0.29, 0.717) is 17.1 Å². The molecule has 10 heteroatoms. The molecule has 7 rings (SSSR count). The maximum Gasteiger partial charge on any atom is 0.280 e. The van der Waals surface area contributed by atoms with Crippen molar-refractivity contribution in [3.63, 3.8) is 0 Å². The first-order valence-electron chi connectivity index (χ1n) is 11.0. The van der Waals surface area contributed by atoms with Gasteiger partial charge in [0.1, 0.15) is 12.9 Å². The van der Waals surface area contributed by atoms with E-state index in [1.807, 2.05) is 0 Å². The van der Waals surface area contributed by atoms with Gasteiger partial charge in [-0.3, -0.25) is 9.36 Å². The Hall–Kier alpha value is -4.34. The number of hydrogen-bond donors (Lipinski definition) is 0. The van der Waals surface area contributed by atoms with Gasteiger partial charge in [0.15, 0.2) is 29.6 Å². The molecule has 2 atom stereocenters. The third kappa shape index (κ3) is 3.83. The van der Waals surface area contributed by atoms with E-state index >= 15 is 0 Å². The zero-order chi connectivity index (χ0) is 23.1. The van der Waals surface area contributed by atoms with Crippen molar-refractivity contribution in [2.45, 2.75) is 19.4 Å². The van der Waals surface area contributed by atoms with Crippen LogP contribution in [0.2, 0.25) is 0 Å². The average molecular weight is 455 g/mol. The second-order valence-corrected chi connectivity index (χ2v) is 8.54. The topological polar surface area (TPSA) is 118 Å². The molecule has 2 aliphatic carbocycles. The summed E-state index contributed by atoms with van der Waals surface area (Å²) in [6.45, 7) is 0.201. The summed E-state index contributed by atoms with van der Waals surface area (Å²) in [5, 5.41) is 3.48. The number of aromatic nitrogens is 7. The zero-order valence-corrected chi connectivity index (χ0v) is 18.4. The molecule has 1 aromatic carbocycles. The van der Waals surface area contributed by atoms with Crippen LogP contribution in [0, 0.1) is 11.8 Å². The maximum absolute atomic E-state index is 12.1. The van der Waals surface area contributed by atoms with Gasteiger partial charge in [0, 0.05) is 12.6 Å². The number of fused-ring (bicyclic) bond motifs is 2. The van der Waals surface area contributed by atoms with Gasteiger partial charge in [0.25, 0.3) is 5.56 Å². The second kappa shape index (κ2) is 8.22. The van der Waals surface area contributed by atoms with Crippen molar-refractivity contribution < 1.29 is 8.94 Å². The molecule has 1 saturated carbocycles. The summed E-state index contributed by atoms with van der Waals surface area (Å²) in [7, 11) is 1.75. The van der Waals surface area contributed by atoms with Crippen molar-refractivity contribution in [1.82, 2.24) is 34.2 Å². The number of oxazole rings is 1. The largest absolute Gasteiger partial charge is 0.444 e. The molecule has 0 radical (unpaired) electrons. The van der Waals surface area contributed by atoms with Crippen LogP contribution >= 0.6 is 0 Å². The quantitative estimate of drug-likeness (QED) is 0.405. The molecule has 1 fully saturated rings. The molecular formula is C24H21N7O3. The predicted octanol–water partition coefficient (Wildman–Crippen LogP) is 3.33. The van der Waals surface area contributed by atoms with E-state index in [9.17, 15) is 4.79 Å². The Morgan fingerprint density at radius 2 is 2.03 bits per heavy atom. The van der Waals surface area contributed by atoms with Gasteiger partial charge in [-0.1, -0.05) is 29.4 Å². The Morgan fingerprint density at radius 1 is 1.15 bits per heavy atom. The maximum atomic E-state index is 12.1. The molecule has 0 N–H and O–H groups in total. The summed E-state index contributed by atoms with van der Waals surface area (Å²) in [5.74, 6) is 3.02. The van der Waals surface area contributed by atoms with Crippen LogP contribution in [-0.4, -0.2) is 34.2 Å². The highest BCUT2D eigenvalue weighted by molar-refractivity contribution is 5.73. The van der Waals surface area contributed by atoms with Gasteiger partial charge < -0.3 is 13.5 Å². The summed E-state index contributed by atoms with van der Waals surface area (Å²) >= 11 is 0. The van der Waals surface area contributed by atoms with Crippen molar-refractivity contribution in [3.05, 3.63) is 83.7 Å². The minimum atomic E-state index is -0.187. The van der Waals surface area contributed by atoms with E-state index in [2.05, 4.69) is 55.4 Å². The highest BCUT2D eigenvalue weighted by Crippen LogP contribution is 2.52. The molecule has 2 aliphatic rings. The highest BCUT2D eigenvalue weighted by atomic mass is 16.5. The predicted molar refractivity (Wildman–Crippen MR) is 122 cm³/mol. The lowest BCUT2D eigenvalue weighted by Crippen LogP contribution is -2.22. The van der Waals surface area contributed by atoms with Crippen molar-refractivity contribution in [1.29, 1.82) is 0 Å². The van der Waals surface area contributed by atoms with Crippen LogP contribution in [-0.2, 0) is 13.6 Å². The first-order valence-corrected chi connectivity index (χ1v) is 11.0. The summed E-state index contributed by atoms with van der Waals surface area (Å²) in [6.07, 6.45) is 12.6. The molecule has 10 nitrogen and oxygen atoms in total. The average Bonchev–Trinajstić information content (AvgIpc) is 3.44. The standard InChI is InChI=1S/C15H13NO.C9H8N6O2/c1-2-10(12-5-13-7-14(13)6-12)4-11(3-1)15-8-16-9-17-15;1-14-4-11-8-7(14)9(16)15(5-12-8)2-6-10-3-13-17-6/h1-5,8-9,13-14H,6-7H2;3-5H,2H2,1H3. The van der Waals surface area contributed by atoms with Gasteiger partial charge in [-0.05, 0) is 41.9 Å². The fourth-order valence-corrected chi connectivity index (χ4v) is 4.36. The fraction of sp³-hybridized carbons (Fsp3) is 0.250. The SMILES string of the molecule is C1=C(c2cccc(-c3cnco3)c2)CC2CC12.Cn1cnc2ncn(Cc3ncno3)c(=O)c21. The summed E-state index contributed by atoms with van der Waals surface area (Å²) in [4.78, 5) is 28.0. The van der Waals surface area contributed by atoms with Crippen LogP contribution in [0.4, 0.5) is 0 Å². The molecular weight excluding hydrogens is 434 g/mol. The van der Waals surface area contributed by atoms with E-state index in [1.165, 1.54) is 47.6 Å². The van der Waals surface area contributed by atoms with Crippen molar-refractivity contribution in [2.75, 3.05) is 0 Å². The van der Waals surface area contributed by atoms with Gasteiger partial charge in [-0.2, -0.15) is 4.98 Å². The number of nitrogens with zero attached hydrogens (tertiary/aromatic N) is 7. The lowest BCUT2D eigenvalue weighted by molar-refractivity contribution is 0.368. The van der Waals surface area contributed by atoms with Crippen LogP contribution in [0.1, 0.15) is 24.3 Å². The van der Waals surface area contributed by atoms with Crippen LogP contribution in [0.15, 0.2) is 75.6 Å². The Kier molecular flexibility index (Phi) is 4.90. The van der Waals surface area contributed by atoms with Crippen LogP contribution < -0.4 is 5.56 Å². The molecule has 0 spiro atoms. The van der Waals surface area contributed by atoms with Crippen molar-refractivity contribution in [3.8, 4) is 11.3 Å². The number of rotatable bonds is 4. The van der Waals surface area contributed by atoms with Gasteiger partial charge in [0.2, 0.25) is 5.89 Å². The second-order valence-electron chi connectivity index (χ2n) is 8.54. The third-order valence-electron chi connectivity index (χ3n) is 6.24. The van der Waals surface area contributed by atoms with Gasteiger partial charge in [-0.25, -0.2) is 15.0 Å². The smallest absolute Gasteiger partial charge is 0.280 e. The molecule has 5 aromatic rings. The Labute approximate surface area is 193 Å². The first-order chi connectivity index (χ1) is 16.7. The van der Waals surface area contributed by atoms with Crippen molar-refractivity contribution in [2.24, 2.45) is 18.9 Å². The molecule has 2 unspecified atom stereocenters. The molecule has 0 amide bonds. The zero-order valence-electron chi connectivity index (χ0n) is 18.4. The number of imidazole rings is 1. The monoisotopic (exact) mass is 455 g/mol. The summed E-state index contributed by atoms with van der Waals surface area (Å²) in [5.41, 5.74) is 4.65. The van der Waals surface area contributed by atoms with E-state index in [1.54, 1.807) is 24.1 Å². The lowest BCUT2D eigenvalue weighted by atomic mass is 10.0. The molecule has 4 heterocycles. The van der Waals surface area contributed by atoms with Crippen LogP contribution in [0.5, 0.6) is 0 Å². The Bertz CT molecular complexity index is 1530. The normalized spacial score (nSPS) is 18.3. The number of benzene rings is 1. The van der Waals surface area contributed by atoms with Crippen LogP contribution in [0.25, 0.3) is 28.1 Å². The van der Waals surface area contributed by atoms with Gasteiger partial charge in [-0.15, -0.1) is 0 Å². The third-order valence-corrected chi connectivity index (χ3v) is 6.24. The molecule has 4 aromatic heterocycles. The first kappa shape index (κ1) is 20.3. The minimum absolute atomic E-state index is 0.187. The number of allylic oxidation sites excluding steroid dienone is 2. The summed E-state index contributed by atoms with van der Waals surface area (Å²) < 4.78 is 13.2. The van der Waals surface area contributed by atoms with E-state index in [4.69, 9.17) is 8.94 Å². The fourth-order valence-electron chi connectivity index (χ4n) is 4.36. The Balaban J connectivity index is 0.000000128. The van der Waals surface area contributed by atoms with Gasteiger partial charge >= 0.3 is 0 Å².